The first-order chi connectivity index (χ1) is 8.78. The van der Waals surface area contributed by atoms with E-state index < -0.39 is 0 Å². The molecule has 18 heavy (non-hydrogen) atoms. The van der Waals surface area contributed by atoms with Crippen molar-refractivity contribution in [2.24, 2.45) is 0 Å². The maximum absolute atomic E-state index is 11.7. The van der Waals surface area contributed by atoms with Crippen LogP contribution in [0.15, 0.2) is 24.3 Å². The van der Waals surface area contributed by atoms with Crippen LogP contribution in [-0.4, -0.2) is 12.1 Å². The first kappa shape index (κ1) is 12.4. The lowest BCUT2D eigenvalue weighted by molar-refractivity contribution is 0.244. The summed E-state index contributed by atoms with van der Waals surface area (Å²) in [4.78, 5) is 11.7. The van der Waals surface area contributed by atoms with Gasteiger partial charge >= 0.3 is 6.03 Å². The SMILES string of the molecule is N#Cc1ccc(NC(=O)NC2CCCCC2)cc1. The van der Waals surface area contributed by atoms with E-state index in [9.17, 15) is 4.79 Å². The molecule has 0 aliphatic heterocycles. The van der Waals surface area contributed by atoms with Crippen LogP contribution in [0.5, 0.6) is 0 Å². The molecule has 2 N–H and O–H groups in total. The number of nitriles is 1. The normalized spacial score (nSPS) is 15.7. The molecule has 0 saturated heterocycles. The summed E-state index contributed by atoms with van der Waals surface area (Å²) < 4.78 is 0. The zero-order valence-corrected chi connectivity index (χ0v) is 10.3. The molecule has 0 spiro atoms. The fraction of sp³-hybridized carbons (Fsp3) is 0.429. The Morgan fingerprint density at radius 1 is 1.17 bits per heavy atom. The van der Waals surface area contributed by atoms with Crippen molar-refractivity contribution < 1.29 is 4.79 Å². The van der Waals surface area contributed by atoms with E-state index in [1.165, 1.54) is 19.3 Å². The van der Waals surface area contributed by atoms with E-state index in [0.717, 1.165) is 12.8 Å². The van der Waals surface area contributed by atoms with Gasteiger partial charge in [-0.2, -0.15) is 5.26 Å². The van der Waals surface area contributed by atoms with Crippen LogP contribution < -0.4 is 10.6 Å². The molecule has 2 rings (SSSR count). The number of hydrogen-bond donors (Lipinski definition) is 2. The third-order valence-corrected chi connectivity index (χ3v) is 3.21. The van der Waals surface area contributed by atoms with Gasteiger partial charge in [-0.25, -0.2) is 4.79 Å². The van der Waals surface area contributed by atoms with Crippen LogP contribution in [0.3, 0.4) is 0 Å². The van der Waals surface area contributed by atoms with Gasteiger partial charge < -0.3 is 10.6 Å². The number of benzene rings is 1. The molecule has 1 aliphatic carbocycles. The van der Waals surface area contributed by atoms with E-state index in [4.69, 9.17) is 5.26 Å². The van der Waals surface area contributed by atoms with Gasteiger partial charge in [0, 0.05) is 11.7 Å². The lowest BCUT2D eigenvalue weighted by Crippen LogP contribution is -2.38. The molecule has 4 nitrogen and oxygen atoms in total. The number of rotatable bonds is 2. The van der Waals surface area contributed by atoms with E-state index in [2.05, 4.69) is 10.6 Å². The fourth-order valence-corrected chi connectivity index (χ4v) is 2.23. The molecule has 0 radical (unpaired) electrons. The van der Waals surface area contributed by atoms with Crippen molar-refractivity contribution in [1.29, 1.82) is 5.26 Å². The summed E-state index contributed by atoms with van der Waals surface area (Å²) in [5.74, 6) is 0. The predicted octanol–water partition coefficient (Wildman–Crippen LogP) is 3.01. The molecule has 1 saturated carbocycles. The average molecular weight is 243 g/mol. The van der Waals surface area contributed by atoms with E-state index >= 15 is 0 Å². The van der Waals surface area contributed by atoms with Gasteiger partial charge in [0.05, 0.1) is 11.6 Å². The highest BCUT2D eigenvalue weighted by Gasteiger charge is 2.15. The van der Waals surface area contributed by atoms with Crippen molar-refractivity contribution in [2.45, 2.75) is 38.1 Å². The molecule has 2 amide bonds. The van der Waals surface area contributed by atoms with Gasteiger partial charge in [0.2, 0.25) is 0 Å². The Labute approximate surface area is 107 Å². The topological polar surface area (TPSA) is 64.9 Å². The summed E-state index contributed by atoms with van der Waals surface area (Å²) in [7, 11) is 0. The van der Waals surface area contributed by atoms with Crippen LogP contribution >= 0.6 is 0 Å². The standard InChI is InChI=1S/C14H17N3O/c15-10-11-6-8-13(9-7-11)17-14(18)16-12-4-2-1-3-5-12/h6-9,12H,1-5H2,(H2,16,17,18). The number of nitrogens with zero attached hydrogens (tertiary/aromatic N) is 1. The van der Waals surface area contributed by atoms with E-state index in [-0.39, 0.29) is 6.03 Å². The number of nitrogens with one attached hydrogen (secondary N) is 2. The quantitative estimate of drug-likeness (QED) is 0.838. The lowest BCUT2D eigenvalue weighted by atomic mass is 9.96. The zero-order valence-electron chi connectivity index (χ0n) is 10.3. The van der Waals surface area contributed by atoms with Crippen LogP contribution in [0.4, 0.5) is 10.5 Å². The molecule has 0 bridgehead atoms. The summed E-state index contributed by atoms with van der Waals surface area (Å²) in [6.07, 6.45) is 5.81. The highest BCUT2D eigenvalue weighted by atomic mass is 16.2. The van der Waals surface area contributed by atoms with Gasteiger partial charge in [0.15, 0.2) is 0 Å². The Morgan fingerprint density at radius 3 is 2.44 bits per heavy atom. The minimum atomic E-state index is -0.161. The van der Waals surface area contributed by atoms with E-state index in [1.54, 1.807) is 24.3 Å². The molecule has 0 heterocycles. The Morgan fingerprint density at radius 2 is 1.83 bits per heavy atom. The molecule has 1 aliphatic rings. The number of amides is 2. The van der Waals surface area contributed by atoms with Gasteiger partial charge in [-0.05, 0) is 37.1 Å². The molecular formula is C14H17N3O. The monoisotopic (exact) mass is 243 g/mol. The van der Waals surface area contributed by atoms with Crippen molar-refractivity contribution in [2.75, 3.05) is 5.32 Å². The fourth-order valence-electron chi connectivity index (χ4n) is 2.23. The highest BCUT2D eigenvalue weighted by Crippen LogP contribution is 2.17. The minimum absolute atomic E-state index is 0.161. The summed E-state index contributed by atoms with van der Waals surface area (Å²) >= 11 is 0. The van der Waals surface area contributed by atoms with Crippen molar-refractivity contribution in [3.63, 3.8) is 0 Å². The van der Waals surface area contributed by atoms with Crippen LogP contribution in [0.25, 0.3) is 0 Å². The highest BCUT2D eigenvalue weighted by molar-refractivity contribution is 5.89. The summed E-state index contributed by atoms with van der Waals surface area (Å²) in [5, 5.41) is 14.4. The van der Waals surface area contributed by atoms with Gasteiger partial charge in [0.1, 0.15) is 0 Å². The smallest absolute Gasteiger partial charge is 0.319 e. The van der Waals surface area contributed by atoms with Gasteiger partial charge in [-0.15, -0.1) is 0 Å². The maximum atomic E-state index is 11.7. The second kappa shape index (κ2) is 6.06. The molecule has 0 aromatic heterocycles. The number of anilines is 1. The minimum Gasteiger partial charge on any atom is -0.335 e. The number of hydrogen-bond acceptors (Lipinski definition) is 2. The molecule has 1 fully saturated rings. The third-order valence-electron chi connectivity index (χ3n) is 3.21. The van der Waals surface area contributed by atoms with Crippen molar-refractivity contribution in [1.82, 2.24) is 5.32 Å². The first-order valence-corrected chi connectivity index (χ1v) is 6.35. The maximum Gasteiger partial charge on any atom is 0.319 e. The predicted molar refractivity (Wildman–Crippen MR) is 70.2 cm³/mol. The Kier molecular flexibility index (Phi) is 4.19. The second-order valence-corrected chi connectivity index (χ2v) is 4.62. The van der Waals surface area contributed by atoms with Crippen molar-refractivity contribution >= 4 is 11.7 Å². The van der Waals surface area contributed by atoms with Gasteiger partial charge in [-0.3, -0.25) is 0 Å². The largest absolute Gasteiger partial charge is 0.335 e. The molecular weight excluding hydrogens is 226 g/mol. The summed E-state index contributed by atoms with van der Waals surface area (Å²) in [5.41, 5.74) is 1.30. The van der Waals surface area contributed by atoms with Crippen LogP contribution in [0, 0.1) is 11.3 Å². The number of urea groups is 1. The zero-order chi connectivity index (χ0) is 12.8. The van der Waals surface area contributed by atoms with E-state index in [0.29, 0.717) is 17.3 Å². The molecule has 4 heteroatoms. The molecule has 94 valence electrons. The Bertz CT molecular complexity index is 441. The Balaban J connectivity index is 1.84. The number of carbonyl (C=O) groups is 1. The molecule has 0 unspecified atom stereocenters. The van der Waals surface area contributed by atoms with Gasteiger partial charge in [-0.1, -0.05) is 19.3 Å². The number of carbonyl (C=O) groups excluding carboxylic acids is 1. The van der Waals surface area contributed by atoms with Crippen LogP contribution in [-0.2, 0) is 0 Å². The lowest BCUT2D eigenvalue weighted by Gasteiger charge is -2.22. The van der Waals surface area contributed by atoms with Crippen LogP contribution in [0.1, 0.15) is 37.7 Å². The van der Waals surface area contributed by atoms with Crippen LogP contribution in [0.2, 0.25) is 0 Å². The second-order valence-electron chi connectivity index (χ2n) is 4.62. The Hall–Kier alpha value is -2.02. The van der Waals surface area contributed by atoms with Gasteiger partial charge in [0.25, 0.3) is 0 Å². The molecule has 0 atom stereocenters. The van der Waals surface area contributed by atoms with E-state index in [1.807, 2.05) is 6.07 Å². The molecule has 1 aromatic rings. The average Bonchev–Trinajstić information content (AvgIpc) is 2.40. The first-order valence-electron chi connectivity index (χ1n) is 6.35. The third kappa shape index (κ3) is 3.49. The molecule has 1 aromatic carbocycles. The van der Waals surface area contributed by atoms with Crippen molar-refractivity contribution in [3.8, 4) is 6.07 Å². The van der Waals surface area contributed by atoms with Crippen molar-refractivity contribution in [3.05, 3.63) is 29.8 Å². The summed E-state index contributed by atoms with van der Waals surface area (Å²) in [6.45, 7) is 0. The summed E-state index contributed by atoms with van der Waals surface area (Å²) in [6, 6.07) is 9.04.